The van der Waals surface area contributed by atoms with Gasteiger partial charge in [0.2, 0.25) is 0 Å². The zero-order chi connectivity index (χ0) is 8.10. The van der Waals surface area contributed by atoms with Gasteiger partial charge in [-0.3, -0.25) is 4.79 Å². The molecule has 1 saturated carbocycles. The summed E-state index contributed by atoms with van der Waals surface area (Å²) < 4.78 is 4.95. The summed E-state index contributed by atoms with van der Waals surface area (Å²) in [7, 11) is 1.56. The first-order chi connectivity index (χ1) is 5.38. The Labute approximate surface area is 67.2 Å². The number of allylic oxidation sites excluding steroid dienone is 2. The zero-order valence-corrected chi connectivity index (χ0v) is 6.93. The quantitative estimate of drug-likeness (QED) is 0.345. The van der Waals surface area contributed by atoms with E-state index in [0.29, 0.717) is 5.76 Å². The van der Waals surface area contributed by atoms with Crippen LogP contribution in [0.2, 0.25) is 0 Å². The molecule has 0 heterocycles. The van der Waals surface area contributed by atoms with Gasteiger partial charge in [0.15, 0.2) is 12.0 Å². The van der Waals surface area contributed by atoms with E-state index in [1.54, 1.807) is 7.11 Å². The number of methoxy groups -OCH3 is 1. The molecule has 0 saturated heterocycles. The highest BCUT2D eigenvalue weighted by atomic mass is 16.5. The third-order valence-corrected chi connectivity index (χ3v) is 2.13. The summed E-state index contributed by atoms with van der Waals surface area (Å²) >= 11 is 0. The van der Waals surface area contributed by atoms with Crippen molar-refractivity contribution < 1.29 is 9.53 Å². The van der Waals surface area contributed by atoms with Crippen molar-refractivity contribution in [1.82, 2.24) is 0 Å². The van der Waals surface area contributed by atoms with Gasteiger partial charge in [-0.2, -0.15) is 0 Å². The Kier molecular flexibility index (Phi) is 3.14. The van der Waals surface area contributed by atoms with Crippen molar-refractivity contribution in [2.45, 2.75) is 32.1 Å². The van der Waals surface area contributed by atoms with Crippen LogP contribution in [0.4, 0.5) is 0 Å². The van der Waals surface area contributed by atoms with E-state index in [1.807, 2.05) is 0 Å². The van der Waals surface area contributed by atoms with Gasteiger partial charge in [0, 0.05) is 0 Å². The van der Waals surface area contributed by atoms with Crippen molar-refractivity contribution in [2.75, 3.05) is 7.11 Å². The molecule has 0 amide bonds. The third kappa shape index (κ3) is 2.07. The fourth-order valence-electron chi connectivity index (χ4n) is 1.50. The topological polar surface area (TPSA) is 26.3 Å². The summed E-state index contributed by atoms with van der Waals surface area (Å²) in [5, 5.41) is 0. The van der Waals surface area contributed by atoms with Crippen molar-refractivity contribution in [2.24, 2.45) is 0 Å². The SMILES string of the molecule is COC(C=O)=C1CCCCC1. The molecular formula is C9H14O2. The summed E-state index contributed by atoms with van der Waals surface area (Å²) in [6.45, 7) is 0. The smallest absolute Gasteiger partial charge is 0.184 e. The number of carbonyl (C=O) groups excluding carboxylic acids is 1. The molecule has 0 unspecified atom stereocenters. The van der Waals surface area contributed by atoms with Crippen molar-refractivity contribution in [3.05, 3.63) is 11.3 Å². The maximum Gasteiger partial charge on any atom is 0.184 e. The largest absolute Gasteiger partial charge is 0.493 e. The standard InChI is InChI=1S/C9H14O2/c1-11-9(7-10)8-5-3-2-4-6-8/h7H,2-6H2,1H3. The number of hydrogen-bond acceptors (Lipinski definition) is 2. The van der Waals surface area contributed by atoms with Crippen LogP contribution in [0.5, 0.6) is 0 Å². The minimum atomic E-state index is 0.560. The summed E-state index contributed by atoms with van der Waals surface area (Å²) in [6.07, 6.45) is 6.61. The highest BCUT2D eigenvalue weighted by Crippen LogP contribution is 2.25. The first-order valence-electron chi connectivity index (χ1n) is 4.09. The Balaban J connectivity index is 2.64. The van der Waals surface area contributed by atoms with Crippen LogP contribution >= 0.6 is 0 Å². The van der Waals surface area contributed by atoms with Gasteiger partial charge < -0.3 is 4.74 Å². The highest BCUT2D eigenvalue weighted by molar-refractivity contribution is 5.71. The molecule has 2 heteroatoms. The molecule has 1 fully saturated rings. The molecule has 1 aliphatic rings. The lowest BCUT2D eigenvalue weighted by molar-refractivity contribution is -0.107. The van der Waals surface area contributed by atoms with Gasteiger partial charge >= 0.3 is 0 Å². The lowest BCUT2D eigenvalue weighted by atomic mass is 9.94. The number of ether oxygens (including phenoxy) is 1. The van der Waals surface area contributed by atoms with Crippen LogP contribution in [-0.4, -0.2) is 13.4 Å². The van der Waals surface area contributed by atoms with E-state index in [9.17, 15) is 4.79 Å². The average molecular weight is 154 g/mol. The monoisotopic (exact) mass is 154 g/mol. The van der Waals surface area contributed by atoms with Gasteiger partial charge in [-0.15, -0.1) is 0 Å². The van der Waals surface area contributed by atoms with E-state index in [0.717, 1.165) is 19.1 Å². The zero-order valence-electron chi connectivity index (χ0n) is 6.93. The van der Waals surface area contributed by atoms with Crippen LogP contribution in [-0.2, 0) is 9.53 Å². The first-order valence-corrected chi connectivity index (χ1v) is 4.09. The molecule has 0 aromatic rings. The van der Waals surface area contributed by atoms with E-state index in [4.69, 9.17) is 4.74 Å². The molecule has 0 aromatic carbocycles. The number of carbonyl (C=O) groups is 1. The molecule has 11 heavy (non-hydrogen) atoms. The number of hydrogen-bond donors (Lipinski definition) is 0. The second kappa shape index (κ2) is 4.16. The van der Waals surface area contributed by atoms with Crippen LogP contribution in [0.3, 0.4) is 0 Å². The van der Waals surface area contributed by atoms with E-state index in [1.165, 1.54) is 24.8 Å². The van der Waals surface area contributed by atoms with Crippen LogP contribution in [0.1, 0.15) is 32.1 Å². The Morgan fingerprint density at radius 3 is 2.45 bits per heavy atom. The van der Waals surface area contributed by atoms with Crippen LogP contribution in [0.25, 0.3) is 0 Å². The molecule has 1 aliphatic carbocycles. The van der Waals surface area contributed by atoms with E-state index >= 15 is 0 Å². The minimum Gasteiger partial charge on any atom is -0.493 e. The molecule has 0 aliphatic heterocycles. The van der Waals surface area contributed by atoms with Crippen LogP contribution in [0.15, 0.2) is 11.3 Å². The van der Waals surface area contributed by atoms with Gasteiger partial charge in [-0.05, 0) is 31.3 Å². The number of rotatable bonds is 2. The normalized spacial score (nSPS) is 17.7. The first kappa shape index (κ1) is 8.31. The van der Waals surface area contributed by atoms with Crippen LogP contribution < -0.4 is 0 Å². The maximum absolute atomic E-state index is 10.5. The predicted octanol–water partition coefficient (Wildman–Crippen LogP) is 2.05. The summed E-state index contributed by atoms with van der Waals surface area (Å²) in [5.74, 6) is 0.560. The van der Waals surface area contributed by atoms with Crippen molar-refractivity contribution >= 4 is 6.29 Å². The van der Waals surface area contributed by atoms with E-state index in [2.05, 4.69) is 0 Å². The van der Waals surface area contributed by atoms with Gasteiger partial charge in [0.05, 0.1) is 7.11 Å². The Bertz CT molecular complexity index is 162. The molecule has 62 valence electrons. The molecule has 0 atom stereocenters. The highest BCUT2D eigenvalue weighted by Gasteiger charge is 2.10. The van der Waals surface area contributed by atoms with Crippen LogP contribution in [0, 0.1) is 0 Å². The molecule has 2 nitrogen and oxygen atoms in total. The van der Waals surface area contributed by atoms with Gasteiger partial charge in [0.1, 0.15) is 0 Å². The molecule has 0 radical (unpaired) electrons. The van der Waals surface area contributed by atoms with Crippen molar-refractivity contribution in [1.29, 1.82) is 0 Å². The lowest BCUT2D eigenvalue weighted by Crippen LogP contribution is -2.01. The summed E-state index contributed by atoms with van der Waals surface area (Å²) in [5.41, 5.74) is 1.20. The molecule has 0 bridgehead atoms. The minimum absolute atomic E-state index is 0.560. The molecular weight excluding hydrogens is 140 g/mol. The van der Waals surface area contributed by atoms with Gasteiger partial charge in [0.25, 0.3) is 0 Å². The Morgan fingerprint density at radius 2 is 2.00 bits per heavy atom. The van der Waals surface area contributed by atoms with Gasteiger partial charge in [-0.25, -0.2) is 0 Å². The van der Waals surface area contributed by atoms with Crippen molar-refractivity contribution in [3.8, 4) is 0 Å². The maximum atomic E-state index is 10.5. The lowest BCUT2D eigenvalue weighted by Gasteiger charge is -2.14. The summed E-state index contributed by atoms with van der Waals surface area (Å²) in [4.78, 5) is 10.5. The van der Waals surface area contributed by atoms with E-state index < -0.39 is 0 Å². The Hall–Kier alpha value is -0.790. The second-order valence-electron chi connectivity index (χ2n) is 2.85. The molecule has 0 N–H and O–H groups in total. The molecule has 0 aromatic heterocycles. The average Bonchev–Trinajstić information content (AvgIpc) is 2.09. The van der Waals surface area contributed by atoms with Gasteiger partial charge in [-0.1, -0.05) is 6.42 Å². The third-order valence-electron chi connectivity index (χ3n) is 2.13. The fraction of sp³-hybridized carbons (Fsp3) is 0.667. The fourth-order valence-corrected chi connectivity index (χ4v) is 1.50. The second-order valence-corrected chi connectivity index (χ2v) is 2.85. The molecule has 1 rings (SSSR count). The van der Waals surface area contributed by atoms with E-state index in [-0.39, 0.29) is 0 Å². The Morgan fingerprint density at radius 1 is 1.36 bits per heavy atom. The predicted molar refractivity (Wildman–Crippen MR) is 43.2 cm³/mol. The summed E-state index contributed by atoms with van der Waals surface area (Å²) in [6, 6.07) is 0. The number of aldehydes is 1. The van der Waals surface area contributed by atoms with Crippen molar-refractivity contribution in [3.63, 3.8) is 0 Å². The molecule has 0 spiro atoms.